The fourth-order valence-electron chi connectivity index (χ4n) is 5.99. The average molecular weight is 473 g/mol. The summed E-state index contributed by atoms with van der Waals surface area (Å²) in [7, 11) is 0. The van der Waals surface area contributed by atoms with Crippen LogP contribution in [0.4, 0.5) is 13.2 Å². The number of rotatable bonds is 8. The van der Waals surface area contributed by atoms with E-state index in [1.165, 1.54) is 0 Å². The molecule has 0 bridgehead atoms. The molecular weight excluding hydrogens is 433 g/mol. The predicted molar refractivity (Wildman–Crippen MR) is 131 cm³/mol. The van der Waals surface area contributed by atoms with E-state index in [0.29, 0.717) is 41.7 Å². The molecule has 0 amide bonds. The lowest BCUT2D eigenvalue weighted by molar-refractivity contribution is 0.131. The molecule has 4 rings (SSSR count). The van der Waals surface area contributed by atoms with Gasteiger partial charge >= 0.3 is 0 Å². The third kappa shape index (κ3) is 6.05. The largest absolute Gasteiger partial charge is 0.377 e. The molecule has 0 aliphatic heterocycles. The Kier molecular flexibility index (Phi) is 8.74. The van der Waals surface area contributed by atoms with E-state index in [0.717, 1.165) is 69.8 Å². The summed E-state index contributed by atoms with van der Waals surface area (Å²) in [6.45, 7) is 5.03. The minimum atomic E-state index is -0.609. The fourth-order valence-corrected chi connectivity index (χ4v) is 5.99. The van der Waals surface area contributed by atoms with Crippen LogP contribution in [0.5, 0.6) is 0 Å². The van der Waals surface area contributed by atoms with Crippen LogP contribution in [0, 0.1) is 29.3 Å². The van der Waals surface area contributed by atoms with Gasteiger partial charge in [-0.2, -0.15) is 0 Å². The molecule has 186 valence electrons. The molecule has 0 saturated heterocycles. The van der Waals surface area contributed by atoms with Gasteiger partial charge in [0.05, 0.1) is 6.61 Å². The highest BCUT2D eigenvalue weighted by molar-refractivity contribution is 5.32. The Morgan fingerprint density at radius 2 is 1.38 bits per heavy atom. The van der Waals surface area contributed by atoms with Gasteiger partial charge in [0.25, 0.3) is 0 Å². The standard InChI is InChI=1S/C30H39F3O/c1-3-34-19-25-15-10-22(18-28(25)31)7-6-21-8-13-24(14-9-21)27-17-16-26(29(32)30(27)33)23-11-4-20(2)5-12-23/h10,15-18,20-21,23-24H,3-9,11-14,19H2,1-2H3. The number of hydrogen-bond acceptors (Lipinski definition) is 1. The van der Waals surface area contributed by atoms with Gasteiger partial charge in [0.15, 0.2) is 11.6 Å². The summed E-state index contributed by atoms with van der Waals surface area (Å²) in [6, 6.07) is 9.18. The van der Waals surface area contributed by atoms with Gasteiger partial charge in [0, 0.05) is 12.2 Å². The van der Waals surface area contributed by atoms with Crippen LogP contribution in [0.2, 0.25) is 0 Å². The van der Waals surface area contributed by atoms with Crippen molar-refractivity contribution in [2.45, 2.75) is 96.5 Å². The van der Waals surface area contributed by atoms with Gasteiger partial charge in [-0.05, 0) is 105 Å². The maximum atomic E-state index is 15.1. The maximum Gasteiger partial charge on any atom is 0.162 e. The zero-order valence-corrected chi connectivity index (χ0v) is 20.7. The molecular formula is C30H39F3O. The van der Waals surface area contributed by atoms with E-state index in [1.54, 1.807) is 6.07 Å². The molecule has 4 heteroatoms. The fraction of sp³-hybridized carbons (Fsp3) is 0.600. The van der Waals surface area contributed by atoms with Gasteiger partial charge in [0.2, 0.25) is 0 Å². The highest BCUT2D eigenvalue weighted by atomic mass is 19.2. The number of hydrogen-bond donors (Lipinski definition) is 0. The number of halogens is 3. The highest BCUT2D eigenvalue weighted by Crippen LogP contribution is 2.42. The van der Waals surface area contributed by atoms with E-state index in [4.69, 9.17) is 4.74 Å². The Hall–Kier alpha value is -1.81. The summed E-state index contributed by atoms with van der Waals surface area (Å²) in [5.74, 6) is 0.0979. The minimum absolute atomic E-state index is 0.0986. The lowest BCUT2D eigenvalue weighted by Crippen LogP contribution is -2.17. The molecule has 2 aromatic carbocycles. The summed E-state index contributed by atoms with van der Waals surface area (Å²) in [5, 5.41) is 0. The van der Waals surface area contributed by atoms with Crippen molar-refractivity contribution in [2.24, 2.45) is 11.8 Å². The lowest BCUT2D eigenvalue weighted by Gasteiger charge is -2.30. The van der Waals surface area contributed by atoms with E-state index in [9.17, 15) is 4.39 Å². The zero-order chi connectivity index (χ0) is 24.1. The summed E-state index contributed by atoms with van der Waals surface area (Å²) in [5.41, 5.74) is 2.77. The summed E-state index contributed by atoms with van der Waals surface area (Å²) >= 11 is 0. The zero-order valence-electron chi connectivity index (χ0n) is 20.7. The normalized spacial score (nSPS) is 25.4. The first kappa shape index (κ1) is 25.3. The molecule has 0 unspecified atom stereocenters. The SMILES string of the molecule is CCOCc1ccc(CCC2CCC(c3ccc(C4CCC(C)CC4)c(F)c3F)CC2)cc1F. The van der Waals surface area contributed by atoms with Crippen LogP contribution >= 0.6 is 0 Å². The molecule has 2 aliphatic rings. The molecule has 0 aromatic heterocycles. The Balaban J connectivity index is 1.30. The second-order valence-corrected chi connectivity index (χ2v) is 10.6. The monoisotopic (exact) mass is 472 g/mol. The third-order valence-electron chi connectivity index (χ3n) is 8.30. The van der Waals surface area contributed by atoms with E-state index >= 15 is 8.78 Å². The molecule has 1 nitrogen and oxygen atoms in total. The van der Waals surface area contributed by atoms with Gasteiger partial charge in [0.1, 0.15) is 5.82 Å². The molecule has 0 spiro atoms. The van der Waals surface area contributed by atoms with Gasteiger partial charge in [-0.25, -0.2) is 13.2 Å². The Morgan fingerprint density at radius 1 is 0.794 bits per heavy atom. The van der Waals surface area contributed by atoms with Crippen molar-refractivity contribution in [3.63, 3.8) is 0 Å². The molecule has 0 atom stereocenters. The van der Waals surface area contributed by atoms with Crippen LogP contribution in [0.25, 0.3) is 0 Å². The average Bonchev–Trinajstić information content (AvgIpc) is 2.85. The van der Waals surface area contributed by atoms with Crippen LogP contribution in [-0.2, 0) is 17.8 Å². The predicted octanol–water partition coefficient (Wildman–Crippen LogP) is 8.84. The van der Waals surface area contributed by atoms with E-state index in [2.05, 4.69) is 6.92 Å². The molecule has 2 saturated carbocycles. The first-order valence-electron chi connectivity index (χ1n) is 13.3. The van der Waals surface area contributed by atoms with Crippen molar-refractivity contribution in [1.82, 2.24) is 0 Å². The first-order valence-corrected chi connectivity index (χ1v) is 13.3. The smallest absolute Gasteiger partial charge is 0.162 e. The van der Waals surface area contributed by atoms with Crippen molar-refractivity contribution in [3.8, 4) is 0 Å². The molecule has 0 radical (unpaired) electrons. The highest BCUT2D eigenvalue weighted by Gasteiger charge is 2.29. The van der Waals surface area contributed by atoms with E-state index < -0.39 is 11.6 Å². The number of benzene rings is 2. The summed E-state index contributed by atoms with van der Waals surface area (Å²) < 4.78 is 49.6. The first-order chi connectivity index (χ1) is 16.5. The third-order valence-corrected chi connectivity index (χ3v) is 8.30. The Bertz CT molecular complexity index is 940. The van der Waals surface area contributed by atoms with Crippen molar-refractivity contribution < 1.29 is 17.9 Å². The van der Waals surface area contributed by atoms with Gasteiger partial charge in [-0.15, -0.1) is 0 Å². The molecule has 0 N–H and O–H groups in total. The summed E-state index contributed by atoms with van der Waals surface area (Å²) in [4.78, 5) is 0. The molecule has 34 heavy (non-hydrogen) atoms. The second-order valence-electron chi connectivity index (χ2n) is 10.6. The summed E-state index contributed by atoms with van der Waals surface area (Å²) in [6.07, 6.45) is 9.78. The minimum Gasteiger partial charge on any atom is -0.377 e. The quantitative estimate of drug-likeness (QED) is 0.373. The van der Waals surface area contributed by atoms with Gasteiger partial charge in [-0.1, -0.05) is 44.0 Å². The van der Waals surface area contributed by atoms with Crippen molar-refractivity contribution >= 4 is 0 Å². The molecule has 2 aliphatic carbocycles. The Labute approximate surface area is 203 Å². The topological polar surface area (TPSA) is 9.23 Å². The van der Waals surface area contributed by atoms with E-state index in [1.807, 2.05) is 31.2 Å². The van der Waals surface area contributed by atoms with Gasteiger partial charge in [-0.3, -0.25) is 0 Å². The maximum absolute atomic E-state index is 15.1. The van der Waals surface area contributed by atoms with Crippen molar-refractivity contribution in [3.05, 3.63) is 70.0 Å². The lowest BCUT2D eigenvalue weighted by atomic mass is 9.75. The van der Waals surface area contributed by atoms with E-state index in [-0.39, 0.29) is 17.7 Å². The van der Waals surface area contributed by atoms with Crippen molar-refractivity contribution in [2.75, 3.05) is 6.61 Å². The van der Waals surface area contributed by atoms with Gasteiger partial charge < -0.3 is 4.74 Å². The molecule has 2 fully saturated rings. The number of aryl methyl sites for hydroxylation is 1. The van der Waals surface area contributed by atoms with Crippen LogP contribution in [-0.4, -0.2) is 6.61 Å². The molecule has 2 aromatic rings. The Morgan fingerprint density at radius 3 is 1.94 bits per heavy atom. The molecule has 0 heterocycles. The van der Waals surface area contributed by atoms with Crippen molar-refractivity contribution in [1.29, 1.82) is 0 Å². The number of ether oxygens (including phenoxy) is 1. The van der Waals surface area contributed by atoms with Crippen LogP contribution < -0.4 is 0 Å². The second kappa shape index (κ2) is 11.7. The van der Waals surface area contributed by atoms with Crippen LogP contribution in [0.3, 0.4) is 0 Å². The van der Waals surface area contributed by atoms with Crippen LogP contribution in [0.15, 0.2) is 30.3 Å². The van der Waals surface area contributed by atoms with Crippen LogP contribution in [0.1, 0.15) is 106 Å².